The number of carbonyl (C=O) groups is 1. The molecule has 2 heterocycles. The number of aliphatic carboxylic acids is 1. The van der Waals surface area contributed by atoms with Crippen LogP contribution in [0.2, 0.25) is 0 Å². The number of carboxylic acid groups (broad SMARTS) is 1. The van der Waals surface area contributed by atoms with Gasteiger partial charge >= 0.3 is 5.97 Å². The molecule has 21 heavy (non-hydrogen) atoms. The summed E-state index contributed by atoms with van der Waals surface area (Å²) in [5.41, 5.74) is 2.20. The summed E-state index contributed by atoms with van der Waals surface area (Å²) in [7, 11) is 0. The van der Waals surface area contributed by atoms with Crippen LogP contribution in [0, 0.1) is 11.3 Å². The van der Waals surface area contributed by atoms with Gasteiger partial charge in [0.1, 0.15) is 0 Å². The number of nitrogens with zero attached hydrogens (tertiary/aromatic N) is 3. The van der Waals surface area contributed by atoms with E-state index in [4.69, 9.17) is 15.1 Å². The van der Waals surface area contributed by atoms with Gasteiger partial charge in [0.25, 0.3) is 0 Å². The summed E-state index contributed by atoms with van der Waals surface area (Å²) in [5.74, 6) is -0.916. The molecule has 2 aromatic rings. The number of carboxylic acids is 1. The number of hydrogen-bond donors (Lipinski definition) is 1. The second-order valence-electron chi connectivity index (χ2n) is 4.78. The van der Waals surface area contributed by atoms with E-state index in [1.54, 1.807) is 18.2 Å². The van der Waals surface area contributed by atoms with Gasteiger partial charge in [-0.3, -0.25) is 4.79 Å². The SMILES string of the molecule is N#Cc1ccc2nc(SCC(=O)O)n(C3CCOC3)c2c1. The van der Waals surface area contributed by atoms with Crippen LogP contribution in [0.3, 0.4) is 0 Å². The van der Waals surface area contributed by atoms with E-state index in [0.717, 1.165) is 17.5 Å². The van der Waals surface area contributed by atoms with E-state index in [1.807, 2.05) is 4.57 Å². The number of rotatable bonds is 4. The van der Waals surface area contributed by atoms with Gasteiger partial charge in [0.15, 0.2) is 5.16 Å². The molecule has 1 aliphatic heterocycles. The van der Waals surface area contributed by atoms with Crippen LogP contribution in [0.25, 0.3) is 11.0 Å². The van der Waals surface area contributed by atoms with Gasteiger partial charge in [0.05, 0.1) is 41.1 Å². The highest BCUT2D eigenvalue weighted by Gasteiger charge is 2.24. The number of ether oxygens (including phenoxy) is 1. The highest BCUT2D eigenvalue weighted by Crippen LogP contribution is 2.32. The second kappa shape index (κ2) is 5.76. The smallest absolute Gasteiger partial charge is 0.313 e. The Labute approximate surface area is 125 Å². The Bertz CT molecular complexity index is 729. The number of hydrogen-bond acceptors (Lipinski definition) is 5. The van der Waals surface area contributed by atoms with Crippen molar-refractivity contribution in [2.24, 2.45) is 0 Å². The van der Waals surface area contributed by atoms with Crippen molar-refractivity contribution >= 4 is 28.8 Å². The Morgan fingerprint density at radius 2 is 2.48 bits per heavy atom. The second-order valence-corrected chi connectivity index (χ2v) is 5.72. The molecule has 3 rings (SSSR count). The molecular formula is C14H13N3O3S. The van der Waals surface area contributed by atoms with Crippen molar-refractivity contribution < 1.29 is 14.6 Å². The van der Waals surface area contributed by atoms with E-state index < -0.39 is 5.97 Å². The standard InChI is InChI=1S/C14H13N3O3S/c15-6-9-1-2-11-12(5-9)17(10-3-4-20-7-10)14(16-11)21-8-13(18)19/h1-2,5,10H,3-4,7-8H2,(H,18,19). The summed E-state index contributed by atoms with van der Waals surface area (Å²) in [6.07, 6.45) is 0.864. The molecular weight excluding hydrogens is 290 g/mol. The van der Waals surface area contributed by atoms with Crippen molar-refractivity contribution in [2.45, 2.75) is 17.6 Å². The number of fused-ring (bicyclic) bond motifs is 1. The zero-order chi connectivity index (χ0) is 14.8. The monoisotopic (exact) mass is 303 g/mol. The third-order valence-corrected chi connectivity index (χ3v) is 4.32. The normalized spacial score (nSPS) is 18.0. The van der Waals surface area contributed by atoms with Crippen LogP contribution < -0.4 is 0 Å². The summed E-state index contributed by atoms with van der Waals surface area (Å²) >= 11 is 1.20. The first-order chi connectivity index (χ1) is 10.2. The molecule has 1 unspecified atom stereocenters. The van der Waals surface area contributed by atoms with Gasteiger partial charge in [0.2, 0.25) is 0 Å². The lowest BCUT2D eigenvalue weighted by Gasteiger charge is -2.14. The Balaban J connectivity index is 2.09. The van der Waals surface area contributed by atoms with Crippen LogP contribution in [0.4, 0.5) is 0 Å². The zero-order valence-electron chi connectivity index (χ0n) is 11.2. The zero-order valence-corrected chi connectivity index (χ0v) is 12.0. The fourth-order valence-electron chi connectivity index (χ4n) is 2.45. The first-order valence-corrected chi connectivity index (χ1v) is 7.52. The highest BCUT2D eigenvalue weighted by atomic mass is 32.2. The molecule has 6 nitrogen and oxygen atoms in total. The first-order valence-electron chi connectivity index (χ1n) is 6.53. The maximum absolute atomic E-state index is 10.8. The number of aromatic nitrogens is 2. The van der Waals surface area contributed by atoms with E-state index in [1.165, 1.54) is 11.8 Å². The molecule has 0 bridgehead atoms. The third kappa shape index (κ3) is 2.73. The molecule has 1 fully saturated rings. The van der Waals surface area contributed by atoms with Crippen molar-refractivity contribution in [1.82, 2.24) is 9.55 Å². The van der Waals surface area contributed by atoms with Gasteiger partial charge in [-0.25, -0.2) is 4.98 Å². The van der Waals surface area contributed by atoms with E-state index >= 15 is 0 Å². The fraction of sp³-hybridized carbons (Fsp3) is 0.357. The van der Waals surface area contributed by atoms with Gasteiger partial charge in [-0.2, -0.15) is 5.26 Å². The van der Waals surface area contributed by atoms with E-state index in [-0.39, 0.29) is 11.8 Å². The minimum absolute atomic E-state index is 0.0397. The van der Waals surface area contributed by atoms with Crippen LogP contribution in [0.1, 0.15) is 18.0 Å². The minimum atomic E-state index is -0.876. The average molecular weight is 303 g/mol. The van der Waals surface area contributed by atoms with Gasteiger partial charge in [-0.1, -0.05) is 11.8 Å². The average Bonchev–Trinajstić information content (AvgIpc) is 3.10. The van der Waals surface area contributed by atoms with Gasteiger partial charge in [-0.05, 0) is 24.6 Å². The van der Waals surface area contributed by atoms with Crippen molar-refractivity contribution in [3.8, 4) is 6.07 Å². The number of nitriles is 1. The molecule has 1 aromatic heterocycles. The first kappa shape index (κ1) is 13.9. The molecule has 1 aromatic carbocycles. The highest BCUT2D eigenvalue weighted by molar-refractivity contribution is 7.99. The summed E-state index contributed by atoms with van der Waals surface area (Å²) in [5, 5.41) is 18.6. The molecule has 1 atom stereocenters. The van der Waals surface area contributed by atoms with Crippen molar-refractivity contribution in [2.75, 3.05) is 19.0 Å². The third-order valence-electron chi connectivity index (χ3n) is 3.38. The molecule has 1 N–H and O–H groups in total. The van der Waals surface area contributed by atoms with Crippen LogP contribution in [0.5, 0.6) is 0 Å². The number of thioether (sulfide) groups is 1. The summed E-state index contributed by atoms with van der Waals surface area (Å²) in [6, 6.07) is 7.57. The molecule has 0 aliphatic carbocycles. The number of imidazole rings is 1. The van der Waals surface area contributed by atoms with Crippen LogP contribution in [0.15, 0.2) is 23.4 Å². The molecule has 108 valence electrons. The molecule has 0 spiro atoms. The number of benzene rings is 1. The Hall–Kier alpha value is -2.04. The molecule has 0 amide bonds. The Morgan fingerprint density at radius 3 is 3.14 bits per heavy atom. The lowest BCUT2D eigenvalue weighted by Crippen LogP contribution is -2.11. The molecule has 0 saturated carbocycles. The minimum Gasteiger partial charge on any atom is -0.481 e. The predicted octanol–water partition coefficient (Wildman–Crippen LogP) is 2.05. The molecule has 7 heteroatoms. The van der Waals surface area contributed by atoms with Gasteiger partial charge in [-0.15, -0.1) is 0 Å². The Kier molecular flexibility index (Phi) is 3.82. The molecule has 1 aliphatic rings. The summed E-state index contributed by atoms with van der Waals surface area (Å²) in [6.45, 7) is 1.27. The van der Waals surface area contributed by atoms with E-state index in [0.29, 0.717) is 23.9 Å². The van der Waals surface area contributed by atoms with Crippen LogP contribution in [-0.2, 0) is 9.53 Å². The van der Waals surface area contributed by atoms with Gasteiger partial charge < -0.3 is 14.4 Å². The predicted molar refractivity (Wildman–Crippen MR) is 77.3 cm³/mol. The van der Waals surface area contributed by atoms with E-state index in [2.05, 4.69) is 11.1 Å². The lowest BCUT2D eigenvalue weighted by molar-refractivity contribution is -0.133. The Morgan fingerprint density at radius 1 is 1.62 bits per heavy atom. The fourth-order valence-corrected chi connectivity index (χ4v) is 3.25. The lowest BCUT2D eigenvalue weighted by atomic mass is 10.2. The quantitative estimate of drug-likeness (QED) is 0.870. The van der Waals surface area contributed by atoms with Crippen molar-refractivity contribution in [1.29, 1.82) is 5.26 Å². The van der Waals surface area contributed by atoms with Crippen molar-refractivity contribution in [3.05, 3.63) is 23.8 Å². The van der Waals surface area contributed by atoms with Crippen LogP contribution in [-0.4, -0.2) is 39.6 Å². The summed E-state index contributed by atoms with van der Waals surface area (Å²) in [4.78, 5) is 15.3. The van der Waals surface area contributed by atoms with Crippen LogP contribution >= 0.6 is 11.8 Å². The van der Waals surface area contributed by atoms with Crippen molar-refractivity contribution in [3.63, 3.8) is 0 Å². The van der Waals surface area contributed by atoms with E-state index in [9.17, 15) is 4.79 Å². The molecule has 1 saturated heterocycles. The topological polar surface area (TPSA) is 88.1 Å². The maximum Gasteiger partial charge on any atom is 0.313 e. The molecule has 0 radical (unpaired) electrons. The summed E-state index contributed by atoms with van der Waals surface area (Å²) < 4.78 is 7.44. The maximum atomic E-state index is 10.8. The largest absolute Gasteiger partial charge is 0.481 e. The van der Waals surface area contributed by atoms with Gasteiger partial charge in [0, 0.05) is 6.61 Å².